The van der Waals surface area contributed by atoms with Crippen LogP contribution in [-0.4, -0.2) is 34.7 Å². The van der Waals surface area contributed by atoms with E-state index in [1.54, 1.807) is 24.3 Å². The fourth-order valence-electron chi connectivity index (χ4n) is 2.29. The average Bonchev–Trinajstić information content (AvgIpc) is 2.89. The number of aliphatic hydroxyl groups excluding tert-OH is 1. The van der Waals surface area contributed by atoms with Gasteiger partial charge < -0.3 is 15.2 Å². The van der Waals surface area contributed by atoms with Gasteiger partial charge in [-0.05, 0) is 24.3 Å². The van der Waals surface area contributed by atoms with Gasteiger partial charge in [0.15, 0.2) is 0 Å². The van der Waals surface area contributed by atoms with Gasteiger partial charge in [-0.1, -0.05) is 29.3 Å². The third-order valence-corrected chi connectivity index (χ3v) is 4.30. The van der Waals surface area contributed by atoms with Crippen LogP contribution >= 0.6 is 23.2 Å². The van der Waals surface area contributed by atoms with Crippen LogP contribution < -0.4 is 15.0 Å². The first-order valence-corrected chi connectivity index (χ1v) is 8.04. The summed E-state index contributed by atoms with van der Waals surface area (Å²) in [6, 6.07) is 6.62. The Kier molecular flexibility index (Phi) is 5.08. The SMILES string of the molecule is O=C1NC(CO)C(=O)N1c1ccc(OCc2c(Cl)cccc2Cl)cn1. The number of imide groups is 1. The normalized spacial score (nSPS) is 16.9. The molecule has 3 rings (SSSR count). The van der Waals surface area contributed by atoms with Crippen LogP contribution in [0.25, 0.3) is 0 Å². The van der Waals surface area contributed by atoms with E-state index >= 15 is 0 Å². The maximum Gasteiger partial charge on any atom is 0.330 e. The number of carbonyl (C=O) groups excluding carboxylic acids is 2. The molecule has 2 heterocycles. The number of urea groups is 1. The summed E-state index contributed by atoms with van der Waals surface area (Å²) < 4.78 is 5.59. The smallest absolute Gasteiger partial charge is 0.330 e. The van der Waals surface area contributed by atoms with E-state index in [0.717, 1.165) is 4.90 Å². The number of hydrogen-bond acceptors (Lipinski definition) is 5. The third kappa shape index (κ3) is 3.53. The van der Waals surface area contributed by atoms with Crippen LogP contribution in [0.1, 0.15) is 5.56 Å². The van der Waals surface area contributed by atoms with Crippen LogP contribution in [0, 0.1) is 0 Å². The molecule has 0 aliphatic carbocycles. The molecule has 1 saturated heterocycles. The van der Waals surface area contributed by atoms with E-state index in [9.17, 15) is 9.59 Å². The number of nitrogens with zero attached hydrogens (tertiary/aromatic N) is 2. The number of anilines is 1. The standard InChI is InChI=1S/C16H13Cl2N3O4/c17-11-2-1-3-12(18)10(11)8-25-9-4-5-14(19-6-9)21-15(23)13(7-22)20-16(21)24/h1-6,13,22H,7-8H2,(H,20,24). The van der Waals surface area contributed by atoms with Crippen molar-refractivity contribution in [3.8, 4) is 5.75 Å². The third-order valence-electron chi connectivity index (χ3n) is 3.60. The Labute approximate surface area is 153 Å². The lowest BCUT2D eigenvalue weighted by Gasteiger charge is -2.13. The predicted octanol–water partition coefficient (Wildman–Crippen LogP) is 2.38. The van der Waals surface area contributed by atoms with Gasteiger partial charge >= 0.3 is 6.03 Å². The molecule has 1 aliphatic heterocycles. The molecule has 0 saturated carbocycles. The summed E-state index contributed by atoms with van der Waals surface area (Å²) in [6.45, 7) is -0.323. The van der Waals surface area contributed by atoms with E-state index in [2.05, 4.69) is 10.3 Å². The maximum absolute atomic E-state index is 12.0. The molecule has 2 N–H and O–H groups in total. The first-order valence-electron chi connectivity index (χ1n) is 7.28. The largest absolute Gasteiger partial charge is 0.487 e. The Morgan fingerprint density at radius 2 is 1.92 bits per heavy atom. The maximum atomic E-state index is 12.0. The molecule has 2 aromatic rings. The number of pyridine rings is 1. The fraction of sp³-hybridized carbons (Fsp3) is 0.188. The molecule has 3 amide bonds. The molecule has 7 nitrogen and oxygen atoms in total. The van der Waals surface area contributed by atoms with Crippen molar-refractivity contribution in [2.75, 3.05) is 11.5 Å². The van der Waals surface area contributed by atoms with Gasteiger partial charge in [0, 0.05) is 15.6 Å². The van der Waals surface area contributed by atoms with Crippen molar-refractivity contribution in [1.29, 1.82) is 0 Å². The van der Waals surface area contributed by atoms with Gasteiger partial charge in [0.25, 0.3) is 5.91 Å². The highest BCUT2D eigenvalue weighted by molar-refractivity contribution is 6.35. The summed E-state index contributed by atoms with van der Waals surface area (Å²) in [5.41, 5.74) is 0.648. The summed E-state index contributed by atoms with van der Waals surface area (Å²) in [6.07, 6.45) is 1.38. The highest BCUT2D eigenvalue weighted by Crippen LogP contribution is 2.26. The zero-order valence-corrected chi connectivity index (χ0v) is 14.3. The second-order valence-electron chi connectivity index (χ2n) is 5.20. The van der Waals surface area contributed by atoms with Crippen molar-refractivity contribution >= 4 is 41.0 Å². The Hall–Kier alpha value is -2.35. The summed E-state index contributed by atoms with van der Waals surface area (Å²) in [7, 11) is 0. The molecule has 1 aromatic heterocycles. The summed E-state index contributed by atoms with van der Waals surface area (Å²) in [4.78, 5) is 28.7. The molecule has 1 aliphatic rings. The molecular formula is C16H13Cl2N3O4. The van der Waals surface area contributed by atoms with E-state index in [4.69, 9.17) is 33.0 Å². The van der Waals surface area contributed by atoms with Gasteiger partial charge in [-0.25, -0.2) is 14.7 Å². The van der Waals surface area contributed by atoms with Crippen molar-refractivity contribution in [3.63, 3.8) is 0 Å². The molecule has 0 bridgehead atoms. The molecule has 0 radical (unpaired) electrons. The van der Waals surface area contributed by atoms with Crippen LogP contribution in [0.4, 0.5) is 10.6 Å². The van der Waals surface area contributed by atoms with Gasteiger partial charge in [-0.15, -0.1) is 0 Å². The molecule has 1 aromatic carbocycles. The molecule has 25 heavy (non-hydrogen) atoms. The quantitative estimate of drug-likeness (QED) is 0.775. The van der Waals surface area contributed by atoms with Crippen molar-refractivity contribution < 1.29 is 19.4 Å². The lowest BCUT2D eigenvalue weighted by Crippen LogP contribution is -2.33. The second kappa shape index (κ2) is 7.26. The first kappa shape index (κ1) is 17.5. The summed E-state index contributed by atoms with van der Waals surface area (Å²) in [5.74, 6) is 0.00333. The number of aliphatic hydroxyl groups is 1. The minimum Gasteiger partial charge on any atom is -0.487 e. The Bertz CT molecular complexity index is 793. The number of hydrogen-bond donors (Lipinski definition) is 2. The highest BCUT2D eigenvalue weighted by atomic mass is 35.5. The molecule has 1 fully saturated rings. The molecule has 1 atom stereocenters. The molecular weight excluding hydrogens is 369 g/mol. The van der Waals surface area contributed by atoms with Gasteiger partial charge in [0.1, 0.15) is 24.2 Å². The molecule has 130 valence electrons. The van der Waals surface area contributed by atoms with Gasteiger partial charge in [-0.2, -0.15) is 0 Å². The van der Waals surface area contributed by atoms with Crippen molar-refractivity contribution in [2.24, 2.45) is 0 Å². The number of halogens is 2. The lowest BCUT2D eigenvalue weighted by molar-refractivity contribution is -0.119. The van der Waals surface area contributed by atoms with Crippen LogP contribution in [-0.2, 0) is 11.4 Å². The fourth-order valence-corrected chi connectivity index (χ4v) is 2.79. The summed E-state index contributed by atoms with van der Waals surface area (Å²) in [5, 5.41) is 12.4. The Morgan fingerprint density at radius 3 is 2.48 bits per heavy atom. The molecule has 0 spiro atoms. The zero-order chi connectivity index (χ0) is 18.0. The summed E-state index contributed by atoms with van der Waals surface area (Å²) >= 11 is 12.2. The zero-order valence-electron chi connectivity index (χ0n) is 12.8. The van der Waals surface area contributed by atoms with E-state index in [1.807, 2.05) is 0 Å². The van der Waals surface area contributed by atoms with Crippen LogP contribution in [0.3, 0.4) is 0 Å². The Balaban J connectivity index is 1.71. The number of carbonyl (C=O) groups is 2. The van der Waals surface area contributed by atoms with E-state index in [0.29, 0.717) is 21.4 Å². The average molecular weight is 382 g/mol. The van der Waals surface area contributed by atoms with Crippen molar-refractivity contribution in [3.05, 3.63) is 52.1 Å². The van der Waals surface area contributed by atoms with E-state index < -0.39 is 24.6 Å². The number of aromatic nitrogens is 1. The van der Waals surface area contributed by atoms with Crippen LogP contribution in [0.2, 0.25) is 10.0 Å². The lowest BCUT2D eigenvalue weighted by atomic mass is 10.2. The highest BCUT2D eigenvalue weighted by Gasteiger charge is 2.39. The number of rotatable bonds is 5. The molecule has 9 heteroatoms. The van der Waals surface area contributed by atoms with Crippen LogP contribution in [0.5, 0.6) is 5.75 Å². The van der Waals surface area contributed by atoms with Gasteiger partial charge in [0.05, 0.1) is 12.8 Å². The number of benzene rings is 1. The number of ether oxygens (including phenoxy) is 1. The van der Waals surface area contributed by atoms with Crippen molar-refractivity contribution in [1.82, 2.24) is 10.3 Å². The van der Waals surface area contributed by atoms with Gasteiger partial charge in [-0.3, -0.25) is 4.79 Å². The van der Waals surface area contributed by atoms with E-state index in [-0.39, 0.29) is 12.4 Å². The topological polar surface area (TPSA) is 91.8 Å². The first-order chi connectivity index (χ1) is 12.0. The van der Waals surface area contributed by atoms with Gasteiger partial charge in [0.2, 0.25) is 0 Å². The monoisotopic (exact) mass is 381 g/mol. The number of amides is 3. The minimum atomic E-state index is -0.951. The minimum absolute atomic E-state index is 0.140. The van der Waals surface area contributed by atoms with Crippen LogP contribution in [0.15, 0.2) is 36.5 Å². The number of nitrogens with one attached hydrogen (secondary N) is 1. The molecule has 1 unspecified atom stereocenters. The van der Waals surface area contributed by atoms with Crippen molar-refractivity contribution in [2.45, 2.75) is 12.6 Å². The predicted molar refractivity (Wildman–Crippen MR) is 91.9 cm³/mol. The second-order valence-corrected chi connectivity index (χ2v) is 6.01. The Morgan fingerprint density at radius 1 is 1.20 bits per heavy atom. The van der Waals surface area contributed by atoms with E-state index in [1.165, 1.54) is 12.3 Å².